The van der Waals surface area contributed by atoms with Crippen LogP contribution in [-0.2, 0) is 20.7 Å². The van der Waals surface area contributed by atoms with E-state index in [-0.39, 0.29) is 23.5 Å². The first-order chi connectivity index (χ1) is 18.6. The van der Waals surface area contributed by atoms with E-state index in [1.54, 1.807) is 13.8 Å². The van der Waals surface area contributed by atoms with Crippen molar-refractivity contribution < 1.29 is 24.8 Å². The first-order valence-electron chi connectivity index (χ1n) is 13.3. The van der Waals surface area contributed by atoms with Gasteiger partial charge in [-0.05, 0) is 49.9 Å². The highest BCUT2D eigenvalue weighted by atomic mass is 27.0. The lowest BCUT2D eigenvalue weighted by atomic mass is 9.72. The maximum Gasteiger partial charge on any atom is 0.164 e. The van der Waals surface area contributed by atoms with E-state index in [1.807, 2.05) is 135 Å². The van der Waals surface area contributed by atoms with E-state index in [9.17, 15) is 10.2 Å². The lowest BCUT2D eigenvalue weighted by Gasteiger charge is -2.42. The van der Waals surface area contributed by atoms with Gasteiger partial charge in [0.2, 0.25) is 0 Å². The summed E-state index contributed by atoms with van der Waals surface area (Å²) in [6, 6.07) is 37.8. The van der Waals surface area contributed by atoms with Crippen LogP contribution < -0.4 is 0 Å². The van der Waals surface area contributed by atoms with E-state index >= 15 is 0 Å². The molecule has 2 unspecified atom stereocenters. The SMILES string of the molecule is CC(C)O.CC1(C)OC(C(O)(c2ccccc2)c2ccccc2)C(C(O)(c2ccccc2)c2ccccc2)O1.[Al]. The molecular weight excluding hydrogens is 515 g/mol. The molecule has 0 spiro atoms. The van der Waals surface area contributed by atoms with Crippen molar-refractivity contribution >= 4 is 17.4 Å². The molecule has 5 nitrogen and oxygen atoms in total. The van der Waals surface area contributed by atoms with Crippen LogP contribution in [0, 0.1) is 0 Å². The summed E-state index contributed by atoms with van der Waals surface area (Å²) in [5.74, 6) is -1.05. The molecular formula is C34H38AlO5. The van der Waals surface area contributed by atoms with Crippen molar-refractivity contribution in [2.45, 2.75) is 63.0 Å². The highest BCUT2D eigenvalue weighted by molar-refractivity contribution is 5.75. The van der Waals surface area contributed by atoms with E-state index in [1.165, 1.54) is 0 Å². The van der Waals surface area contributed by atoms with Crippen molar-refractivity contribution in [3.8, 4) is 0 Å². The maximum absolute atomic E-state index is 12.6. The average molecular weight is 554 g/mol. The zero-order chi connectivity index (χ0) is 28.1. The minimum Gasteiger partial charge on any atom is -0.394 e. The second-order valence-corrected chi connectivity index (χ2v) is 10.6. The van der Waals surface area contributed by atoms with Gasteiger partial charge >= 0.3 is 0 Å². The normalized spacial score (nSPS) is 18.4. The Labute approximate surface area is 248 Å². The minimum atomic E-state index is -1.60. The van der Waals surface area contributed by atoms with Crippen LogP contribution >= 0.6 is 0 Å². The molecule has 4 aromatic rings. The van der Waals surface area contributed by atoms with Crippen molar-refractivity contribution in [2.24, 2.45) is 0 Å². The van der Waals surface area contributed by atoms with Gasteiger partial charge in [-0.1, -0.05) is 121 Å². The quantitative estimate of drug-likeness (QED) is 0.279. The van der Waals surface area contributed by atoms with Crippen molar-refractivity contribution in [1.29, 1.82) is 0 Å². The number of hydrogen-bond acceptors (Lipinski definition) is 5. The number of aliphatic hydroxyl groups is 3. The maximum atomic E-state index is 12.6. The molecule has 4 aromatic carbocycles. The van der Waals surface area contributed by atoms with Gasteiger partial charge < -0.3 is 24.8 Å². The van der Waals surface area contributed by atoms with Gasteiger partial charge in [-0.2, -0.15) is 0 Å². The van der Waals surface area contributed by atoms with Crippen molar-refractivity contribution in [2.75, 3.05) is 0 Å². The Morgan fingerprint density at radius 3 is 0.950 bits per heavy atom. The van der Waals surface area contributed by atoms with Crippen LogP contribution in [0.2, 0.25) is 0 Å². The van der Waals surface area contributed by atoms with E-state index in [0.29, 0.717) is 22.3 Å². The first-order valence-corrected chi connectivity index (χ1v) is 13.3. The second kappa shape index (κ2) is 13.3. The van der Waals surface area contributed by atoms with Gasteiger partial charge in [0.05, 0.1) is 0 Å². The summed E-state index contributed by atoms with van der Waals surface area (Å²) in [7, 11) is 0. The Kier molecular flexibility index (Phi) is 10.5. The zero-order valence-corrected chi connectivity index (χ0v) is 24.7. The summed E-state index contributed by atoms with van der Waals surface area (Å²) in [5.41, 5.74) is -0.564. The molecule has 1 saturated heterocycles. The molecule has 1 aliphatic rings. The van der Waals surface area contributed by atoms with Gasteiger partial charge in [0.1, 0.15) is 23.4 Å². The summed E-state index contributed by atoms with van der Waals surface area (Å²) in [5, 5.41) is 33.3. The summed E-state index contributed by atoms with van der Waals surface area (Å²) in [4.78, 5) is 0. The summed E-state index contributed by atoms with van der Waals surface area (Å²) in [6.45, 7) is 7.07. The Balaban J connectivity index is 0.000000828. The third kappa shape index (κ3) is 6.57. The van der Waals surface area contributed by atoms with E-state index < -0.39 is 29.2 Å². The standard InChI is InChI=1S/C31H30O4.C3H8O.Al/c1-29(2)34-27(30(32,23-15-7-3-8-16-23)24-17-9-4-10-18-24)28(35-29)31(33,25-19-11-5-12-20-25)26-21-13-6-14-22-26;1-3(2)4;/h3-22,27-28,32-33H,1-2H3;3-4H,1-2H3;. The van der Waals surface area contributed by atoms with Gasteiger partial charge in [-0.3, -0.25) is 0 Å². The number of rotatable bonds is 6. The molecule has 5 rings (SSSR count). The molecule has 1 fully saturated rings. The average Bonchev–Trinajstić information content (AvgIpc) is 3.30. The molecule has 0 bridgehead atoms. The molecule has 0 aliphatic carbocycles. The van der Waals surface area contributed by atoms with Gasteiger partial charge in [0, 0.05) is 23.5 Å². The molecule has 3 radical (unpaired) electrons. The third-order valence-corrected chi connectivity index (χ3v) is 6.78. The lowest BCUT2D eigenvalue weighted by Crippen LogP contribution is -2.54. The molecule has 40 heavy (non-hydrogen) atoms. The van der Waals surface area contributed by atoms with Crippen molar-refractivity contribution in [3.63, 3.8) is 0 Å². The fraction of sp³-hybridized carbons (Fsp3) is 0.294. The van der Waals surface area contributed by atoms with Gasteiger partial charge in [0.15, 0.2) is 5.79 Å². The molecule has 1 aliphatic heterocycles. The largest absolute Gasteiger partial charge is 0.394 e. The minimum absolute atomic E-state index is 0. The van der Waals surface area contributed by atoms with Crippen LogP contribution in [0.4, 0.5) is 0 Å². The highest BCUT2D eigenvalue weighted by Crippen LogP contribution is 2.50. The van der Waals surface area contributed by atoms with E-state index in [4.69, 9.17) is 14.6 Å². The summed E-state index contributed by atoms with van der Waals surface area (Å²) < 4.78 is 13.0. The highest BCUT2D eigenvalue weighted by Gasteiger charge is 2.61. The zero-order valence-electron chi connectivity index (χ0n) is 23.5. The number of hydrogen-bond donors (Lipinski definition) is 3. The van der Waals surface area contributed by atoms with Crippen molar-refractivity contribution in [3.05, 3.63) is 144 Å². The summed E-state index contributed by atoms with van der Waals surface area (Å²) >= 11 is 0. The smallest absolute Gasteiger partial charge is 0.164 e. The molecule has 0 saturated carbocycles. The van der Waals surface area contributed by atoms with E-state index in [0.717, 1.165) is 0 Å². The van der Waals surface area contributed by atoms with Crippen LogP contribution in [0.5, 0.6) is 0 Å². The monoisotopic (exact) mass is 553 g/mol. The molecule has 6 heteroatoms. The second-order valence-electron chi connectivity index (χ2n) is 10.6. The molecule has 0 amide bonds. The number of benzene rings is 4. The lowest BCUT2D eigenvalue weighted by molar-refractivity contribution is -0.172. The predicted octanol–water partition coefficient (Wildman–Crippen LogP) is 5.39. The molecule has 3 N–H and O–H groups in total. The number of ether oxygens (including phenoxy) is 2. The molecule has 2 atom stereocenters. The fourth-order valence-electron chi connectivity index (χ4n) is 5.13. The van der Waals surface area contributed by atoms with Gasteiger partial charge in [-0.15, -0.1) is 0 Å². The van der Waals surface area contributed by atoms with Crippen LogP contribution in [0.1, 0.15) is 49.9 Å². The Bertz CT molecular complexity index is 1120. The summed E-state index contributed by atoms with van der Waals surface area (Å²) in [6.07, 6.45) is -2.04. The van der Waals surface area contributed by atoms with Gasteiger partial charge in [0.25, 0.3) is 0 Å². The molecule has 207 valence electrons. The number of aliphatic hydroxyl groups excluding tert-OH is 1. The topological polar surface area (TPSA) is 79.2 Å². The first kappa shape index (κ1) is 31.7. The van der Waals surface area contributed by atoms with Crippen molar-refractivity contribution in [1.82, 2.24) is 0 Å². The Morgan fingerprint density at radius 1 is 0.550 bits per heavy atom. The predicted molar refractivity (Wildman–Crippen MR) is 159 cm³/mol. The Hall–Kier alpha value is -2.79. The third-order valence-electron chi connectivity index (χ3n) is 6.78. The van der Waals surface area contributed by atoms with Crippen LogP contribution in [-0.4, -0.2) is 56.8 Å². The van der Waals surface area contributed by atoms with Crippen LogP contribution in [0.3, 0.4) is 0 Å². The molecule has 1 heterocycles. The van der Waals surface area contributed by atoms with Gasteiger partial charge in [-0.25, -0.2) is 0 Å². The fourth-order valence-corrected chi connectivity index (χ4v) is 5.13. The van der Waals surface area contributed by atoms with E-state index in [2.05, 4.69) is 0 Å². The van der Waals surface area contributed by atoms with Crippen LogP contribution in [0.15, 0.2) is 121 Å². The van der Waals surface area contributed by atoms with Crippen LogP contribution in [0.25, 0.3) is 0 Å². The Morgan fingerprint density at radius 2 is 0.750 bits per heavy atom. The molecule has 0 aromatic heterocycles.